The Morgan fingerprint density at radius 2 is 1.87 bits per heavy atom. The molecule has 0 N–H and O–H groups in total. The largest absolute Gasteiger partial charge is 0.229 e. The van der Waals surface area contributed by atoms with E-state index in [0.717, 1.165) is 25.7 Å². The summed E-state index contributed by atoms with van der Waals surface area (Å²) < 4.78 is 23.3. The van der Waals surface area contributed by atoms with Gasteiger partial charge in [0, 0.05) is 0 Å². The zero-order valence-corrected chi connectivity index (χ0v) is 10.3. The van der Waals surface area contributed by atoms with E-state index in [0.29, 0.717) is 6.42 Å². The molecule has 0 aromatic rings. The van der Waals surface area contributed by atoms with Gasteiger partial charge >= 0.3 is 0 Å². The van der Waals surface area contributed by atoms with Crippen molar-refractivity contribution < 1.29 is 8.42 Å². The monoisotopic (exact) mass is 229 g/mol. The van der Waals surface area contributed by atoms with Gasteiger partial charge in [-0.3, -0.25) is 0 Å². The highest BCUT2D eigenvalue weighted by atomic mass is 32.2. The first-order valence-electron chi connectivity index (χ1n) is 5.55. The summed E-state index contributed by atoms with van der Waals surface area (Å²) in [5.74, 6) is 0.165. The van der Waals surface area contributed by atoms with Gasteiger partial charge in [0.15, 0.2) is 9.84 Å². The van der Waals surface area contributed by atoms with Crippen LogP contribution in [0.3, 0.4) is 0 Å². The van der Waals surface area contributed by atoms with E-state index in [-0.39, 0.29) is 16.4 Å². The molecule has 0 aromatic heterocycles. The van der Waals surface area contributed by atoms with Crippen LogP contribution in [0.25, 0.3) is 0 Å². The van der Waals surface area contributed by atoms with Crippen molar-refractivity contribution in [2.75, 3.05) is 5.75 Å². The molecule has 1 saturated carbocycles. The van der Waals surface area contributed by atoms with Crippen molar-refractivity contribution in [2.45, 2.75) is 51.2 Å². The Labute approximate surface area is 92.4 Å². The van der Waals surface area contributed by atoms with E-state index < -0.39 is 9.84 Å². The number of hydrogen-bond donors (Lipinski definition) is 0. The second kappa shape index (κ2) is 4.52. The molecule has 0 aliphatic heterocycles. The van der Waals surface area contributed by atoms with Gasteiger partial charge in [0.05, 0.1) is 22.5 Å². The zero-order chi connectivity index (χ0) is 11.5. The summed E-state index contributed by atoms with van der Waals surface area (Å²) in [6, 6.07) is 2.32. The normalized spacial score (nSPS) is 20.4. The molecule has 1 aliphatic rings. The summed E-state index contributed by atoms with van der Waals surface area (Å²) in [5, 5.41) is 8.78. The van der Waals surface area contributed by atoms with Crippen molar-refractivity contribution in [3.05, 3.63) is 0 Å². The lowest BCUT2D eigenvalue weighted by Crippen LogP contribution is -2.24. The fourth-order valence-electron chi connectivity index (χ4n) is 2.04. The van der Waals surface area contributed by atoms with Gasteiger partial charge in [-0.05, 0) is 33.1 Å². The van der Waals surface area contributed by atoms with E-state index in [4.69, 9.17) is 5.26 Å². The summed E-state index contributed by atoms with van der Waals surface area (Å²) in [4.78, 5) is 0. The molecule has 0 saturated heterocycles. The Morgan fingerprint density at radius 3 is 2.27 bits per heavy atom. The third-order valence-electron chi connectivity index (χ3n) is 3.38. The van der Waals surface area contributed by atoms with Crippen LogP contribution in [0.15, 0.2) is 0 Å². The average molecular weight is 229 g/mol. The van der Waals surface area contributed by atoms with Crippen molar-refractivity contribution in [2.24, 2.45) is 5.41 Å². The molecule has 1 rings (SSSR count). The lowest BCUT2D eigenvalue weighted by Gasteiger charge is -2.20. The Bertz CT molecular complexity index is 345. The van der Waals surface area contributed by atoms with Crippen LogP contribution >= 0.6 is 0 Å². The summed E-state index contributed by atoms with van der Waals surface area (Å²) >= 11 is 0. The fourth-order valence-corrected chi connectivity index (χ4v) is 3.19. The Kier molecular flexibility index (Phi) is 3.77. The minimum Gasteiger partial charge on any atom is -0.229 e. The first kappa shape index (κ1) is 12.5. The standard InChI is InChI=1S/C11H19NO2S/c1-10(2)15(13,14)8-7-11(9-12)5-3-4-6-11/h10H,3-8H2,1-2H3. The molecule has 1 fully saturated rings. The topological polar surface area (TPSA) is 57.9 Å². The van der Waals surface area contributed by atoms with Crippen LogP contribution in [-0.4, -0.2) is 19.4 Å². The van der Waals surface area contributed by atoms with Crippen LogP contribution in [0, 0.1) is 16.7 Å². The van der Waals surface area contributed by atoms with Crippen LogP contribution in [0.2, 0.25) is 0 Å². The van der Waals surface area contributed by atoms with E-state index in [1.54, 1.807) is 13.8 Å². The third-order valence-corrected chi connectivity index (χ3v) is 5.59. The number of nitriles is 1. The van der Waals surface area contributed by atoms with Crippen LogP contribution in [0.1, 0.15) is 46.0 Å². The van der Waals surface area contributed by atoms with Crippen LogP contribution in [0.5, 0.6) is 0 Å². The predicted molar refractivity (Wildman–Crippen MR) is 60.1 cm³/mol. The van der Waals surface area contributed by atoms with Crippen molar-refractivity contribution in [3.8, 4) is 6.07 Å². The number of hydrogen-bond acceptors (Lipinski definition) is 3. The molecule has 4 heteroatoms. The van der Waals surface area contributed by atoms with E-state index in [1.165, 1.54) is 0 Å². The second-order valence-corrected chi connectivity index (χ2v) is 7.44. The molecule has 0 unspecified atom stereocenters. The molecule has 0 atom stereocenters. The van der Waals surface area contributed by atoms with Gasteiger partial charge < -0.3 is 0 Å². The summed E-state index contributed by atoms with van der Waals surface area (Å²) in [5.41, 5.74) is -0.345. The molecule has 1 aliphatic carbocycles. The van der Waals surface area contributed by atoms with Crippen LogP contribution in [-0.2, 0) is 9.84 Å². The van der Waals surface area contributed by atoms with Crippen molar-refractivity contribution >= 4 is 9.84 Å². The Balaban J connectivity index is 2.60. The molecule has 0 amide bonds. The van der Waals surface area contributed by atoms with Gasteiger partial charge in [-0.15, -0.1) is 0 Å². The van der Waals surface area contributed by atoms with Gasteiger partial charge in [-0.1, -0.05) is 12.8 Å². The minimum atomic E-state index is -2.99. The Hall–Kier alpha value is -0.560. The quantitative estimate of drug-likeness (QED) is 0.743. The minimum absolute atomic E-state index is 0.165. The molecular formula is C11H19NO2S. The Morgan fingerprint density at radius 1 is 1.33 bits per heavy atom. The van der Waals surface area contributed by atoms with Crippen molar-refractivity contribution in [1.82, 2.24) is 0 Å². The van der Waals surface area contributed by atoms with E-state index in [9.17, 15) is 8.42 Å². The van der Waals surface area contributed by atoms with Gasteiger partial charge in [0.1, 0.15) is 0 Å². The number of sulfone groups is 1. The van der Waals surface area contributed by atoms with Gasteiger partial charge in [-0.25, -0.2) is 8.42 Å². The molecule has 0 radical (unpaired) electrons. The first-order valence-corrected chi connectivity index (χ1v) is 7.26. The molecule has 15 heavy (non-hydrogen) atoms. The second-order valence-electron chi connectivity index (χ2n) is 4.76. The highest BCUT2D eigenvalue weighted by molar-refractivity contribution is 7.91. The lowest BCUT2D eigenvalue weighted by molar-refractivity contribution is 0.394. The summed E-state index contributed by atoms with van der Waals surface area (Å²) in [6.07, 6.45) is 4.39. The summed E-state index contributed by atoms with van der Waals surface area (Å²) in [6.45, 7) is 3.39. The van der Waals surface area contributed by atoms with Crippen LogP contribution < -0.4 is 0 Å². The zero-order valence-electron chi connectivity index (χ0n) is 9.49. The van der Waals surface area contributed by atoms with Gasteiger partial charge in [0.2, 0.25) is 0 Å². The smallest absolute Gasteiger partial charge is 0.152 e. The highest BCUT2D eigenvalue weighted by Gasteiger charge is 2.35. The third kappa shape index (κ3) is 2.94. The molecular weight excluding hydrogens is 210 g/mol. The van der Waals surface area contributed by atoms with Crippen molar-refractivity contribution in [1.29, 1.82) is 5.26 Å². The molecule has 3 nitrogen and oxygen atoms in total. The van der Waals surface area contributed by atoms with Gasteiger partial charge in [0.25, 0.3) is 0 Å². The lowest BCUT2D eigenvalue weighted by atomic mass is 9.85. The van der Waals surface area contributed by atoms with Gasteiger partial charge in [-0.2, -0.15) is 5.26 Å². The fraction of sp³-hybridized carbons (Fsp3) is 0.909. The van der Waals surface area contributed by atoms with E-state index >= 15 is 0 Å². The molecule has 0 spiro atoms. The van der Waals surface area contributed by atoms with E-state index in [1.807, 2.05) is 0 Å². The average Bonchev–Trinajstić information content (AvgIpc) is 2.64. The van der Waals surface area contributed by atoms with E-state index in [2.05, 4.69) is 6.07 Å². The van der Waals surface area contributed by atoms with Crippen molar-refractivity contribution in [3.63, 3.8) is 0 Å². The number of rotatable bonds is 4. The predicted octanol–water partition coefficient (Wildman–Crippen LogP) is 2.28. The SMILES string of the molecule is CC(C)S(=O)(=O)CCC1(C#N)CCCC1. The summed E-state index contributed by atoms with van der Waals surface area (Å²) in [7, 11) is -2.99. The molecule has 0 aromatic carbocycles. The molecule has 0 heterocycles. The number of nitrogens with zero attached hydrogens (tertiary/aromatic N) is 1. The van der Waals surface area contributed by atoms with Crippen LogP contribution in [0.4, 0.5) is 0 Å². The maximum absolute atomic E-state index is 11.6. The molecule has 86 valence electrons. The highest BCUT2D eigenvalue weighted by Crippen LogP contribution is 2.40. The maximum atomic E-state index is 11.6. The molecule has 0 bridgehead atoms. The maximum Gasteiger partial charge on any atom is 0.152 e. The first-order chi connectivity index (χ1) is 6.92.